The van der Waals surface area contributed by atoms with E-state index in [4.69, 9.17) is 0 Å². The van der Waals surface area contributed by atoms with Crippen LogP contribution in [0.5, 0.6) is 0 Å². The summed E-state index contributed by atoms with van der Waals surface area (Å²) in [5, 5.41) is 16.6. The molecule has 2 aromatic rings. The highest BCUT2D eigenvalue weighted by Crippen LogP contribution is 2.35. The number of carbonyl (C=O) groups is 1. The van der Waals surface area contributed by atoms with E-state index in [0.29, 0.717) is 11.3 Å². The maximum absolute atomic E-state index is 12.3. The number of hydrogen-bond acceptors (Lipinski definition) is 6. The van der Waals surface area contributed by atoms with Crippen LogP contribution in [0, 0.1) is 10.1 Å². The highest BCUT2D eigenvalue weighted by atomic mass is 32.2. The van der Waals surface area contributed by atoms with Gasteiger partial charge in [-0.15, -0.1) is 0 Å². The second kappa shape index (κ2) is 6.64. The number of nitro benzene ring substituents is 1. The number of anilines is 1. The van der Waals surface area contributed by atoms with Crippen LogP contribution in [0.15, 0.2) is 58.9 Å². The molecule has 0 aromatic heterocycles. The molecule has 0 unspecified atom stereocenters. The molecule has 0 spiro atoms. The Bertz CT molecular complexity index is 936. The first-order valence-corrected chi connectivity index (χ1v) is 8.85. The topological polar surface area (TPSA) is 87.8 Å². The molecule has 2 heterocycles. The molecule has 4 rings (SSSR count). The number of carbonyl (C=O) groups excluding carboxylic acids is 1. The smallest absolute Gasteiger partial charge is 0.269 e. The fraction of sp³-hybridized carbons (Fsp3) is 0.111. The summed E-state index contributed by atoms with van der Waals surface area (Å²) in [6.45, 7) is 1.72. The van der Waals surface area contributed by atoms with Crippen molar-refractivity contribution in [3.8, 4) is 0 Å². The van der Waals surface area contributed by atoms with Gasteiger partial charge in [-0.05, 0) is 29.8 Å². The summed E-state index contributed by atoms with van der Waals surface area (Å²) in [4.78, 5) is 29.1. The molecule has 8 heteroatoms. The van der Waals surface area contributed by atoms with Crippen LogP contribution in [-0.4, -0.2) is 34.0 Å². The normalized spacial score (nSPS) is 15.3. The van der Waals surface area contributed by atoms with Crippen molar-refractivity contribution in [2.24, 2.45) is 4.99 Å². The summed E-state index contributed by atoms with van der Waals surface area (Å²) in [5.74, 6) is -0.308. The maximum Gasteiger partial charge on any atom is 0.269 e. The van der Waals surface area contributed by atoms with Crippen molar-refractivity contribution in [1.29, 1.82) is 0 Å². The third kappa shape index (κ3) is 3.06. The van der Waals surface area contributed by atoms with Gasteiger partial charge in [-0.3, -0.25) is 19.9 Å². The van der Waals surface area contributed by atoms with Gasteiger partial charge in [0.2, 0.25) is 0 Å². The van der Waals surface area contributed by atoms with Crippen LogP contribution >= 0.6 is 11.8 Å². The lowest BCUT2D eigenvalue weighted by molar-refractivity contribution is -0.384. The van der Waals surface area contributed by atoms with Gasteiger partial charge < -0.3 is 10.2 Å². The molecule has 1 amide bonds. The molecule has 1 N–H and O–H groups in total. The minimum atomic E-state index is -0.493. The van der Waals surface area contributed by atoms with Gasteiger partial charge in [-0.2, -0.15) is 0 Å². The molecular weight excluding hydrogens is 352 g/mol. The minimum Gasteiger partial charge on any atom is -0.322 e. The third-order valence-corrected chi connectivity index (χ3v) is 5.05. The van der Waals surface area contributed by atoms with Gasteiger partial charge in [0.1, 0.15) is 0 Å². The van der Waals surface area contributed by atoms with Gasteiger partial charge >= 0.3 is 0 Å². The summed E-state index contributed by atoms with van der Waals surface area (Å²) in [5.41, 5.74) is 3.18. The van der Waals surface area contributed by atoms with E-state index in [1.807, 2.05) is 24.3 Å². The predicted octanol–water partition coefficient (Wildman–Crippen LogP) is 3.56. The third-order valence-electron chi connectivity index (χ3n) is 4.15. The Morgan fingerprint density at radius 3 is 2.58 bits per heavy atom. The van der Waals surface area contributed by atoms with E-state index in [1.54, 1.807) is 11.8 Å². The molecule has 130 valence electrons. The van der Waals surface area contributed by atoms with Gasteiger partial charge in [-0.1, -0.05) is 23.9 Å². The SMILES string of the molecule is O=C(Nc1ccc(C2=CSC3=NCCN23)cc1)c1ccc([N+](=O)[O-])cc1. The first kappa shape index (κ1) is 16.3. The number of nitro groups is 1. The number of benzene rings is 2. The van der Waals surface area contributed by atoms with Crippen molar-refractivity contribution < 1.29 is 9.72 Å². The number of fused-ring (bicyclic) bond motifs is 1. The maximum atomic E-state index is 12.3. The largest absolute Gasteiger partial charge is 0.322 e. The highest BCUT2D eigenvalue weighted by Gasteiger charge is 2.26. The fourth-order valence-corrected chi connectivity index (χ4v) is 3.77. The minimum absolute atomic E-state index is 0.0431. The van der Waals surface area contributed by atoms with Crippen LogP contribution in [0.25, 0.3) is 5.70 Å². The van der Waals surface area contributed by atoms with Crippen molar-refractivity contribution >= 4 is 39.9 Å². The molecule has 2 aliphatic rings. The monoisotopic (exact) mass is 366 g/mol. The number of thioether (sulfide) groups is 1. The van der Waals surface area contributed by atoms with Crippen molar-refractivity contribution in [1.82, 2.24) is 4.90 Å². The van der Waals surface area contributed by atoms with E-state index in [-0.39, 0.29) is 11.6 Å². The zero-order valence-corrected chi connectivity index (χ0v) is 14.4. The van der Waals surface area contributed by atoms with Gasteiger partial charge in [-0.25, -0.2) is 0 Å². The average molecular weight is 366 g/mol. The predicted molar refractivity (Wildman–Crippen MR) is 102 cm³/mol. The van der Waals surface area contributed by atoms with Crippen molar-refractivity contribution in [2.75, 3.05) is 18.4 Å². The molecule has 0 atom stereocenters. The molecule has 7 nitrogen and oxygen atoms in total. The Balaban J connectivity index is 1.45. The number of rotatable bonds is 4. The lowest BCUT2D eigenvalue weighted by atomic mass is 10.1. The molecule has 0 aliphatic carbocycles. The molecule has 0 fully saturated rings. The highest BCUT2D eigenvalue weighted by molar-refractivity contribution is 8.16. The quantitative estimate of drug-likeness (QED) is 0.660. The molecule has 2 aliphatic heterocycles. The Kier molecular flexibility index (Phi) is 4.18. The molecule has 0 saturated carbocycles. The molecular formula is C18H14N4O3S. The summed E-state index contributed by atoms with van der Waals surface area (Å²) < 4.78 is 0. The van der Waals surface area contributed by atoms with Crippen LogP contribution in [0.2, 0.25) is 0 Å². The summed E-state index contributed by atoms with van der Waals surface area (Å²) >= 11 is 1.63. The molecule has 26 heavy (non-hydrogen) atoms. The van der Waals surface area contributed by atoms with Crippen LogP contribution in [0.1, 0.15) is 15.9 Å². The zero-order valence-electron chi connectivity index (χ0n) is 13.6. The number of nitrogens with zero attached hydrogens (tertiary/aromatic N) is 3. The Hall–Kier alpha value is -3.13. The van der Waals surface area contributed by atoms with E-state index < -0.39 is 4.92 Å². The zero-order chi connectivity index (χ0) is 18.1. The first-order valence-electron chi connectivity index (χ1n) is 7.97. The van der Waals surface area contributed by atoms with E-state index >= 15 is 0 Å². The first-order chi connectivity index (χ1) is 12.6. The Labute approximate surface area is 153 Å². The molecule has 0 saturated heterocycles. The van der Waals surface area contributed by atoms with Crippen LogP contribution in [-0.2, 0) is 0 Å². The lowest BCUT2D eigenvalue weighted by Crippen LogP contribution is -2.19. The van der Waals surface area contributed by atoms with Gasteiger partial charge in [0, 0.05) is 35.3 Å². The lowest BCUT2D eigenvalue weighted by Gasteiger charge is -2.16. The number of non-ortho nitro benzene ring substituents is 1. The number of amidine groups is 1. The van der Waals surface area contributed by atoms with Crippen LogP contribution < -0.4 is 5.32 Å². The number of aliphatic imine (C=N–C) groups is 1. The fourth-order valence-electron chi connectivity index (χ4n) is 2.81. The van der Waals surface area contributed by atoms with Gasteiger partial charge in [0.05, 0.1) is 17.2 Å². The van der Waals surface area contributed by atoms with Crippen LogP contribution in [0.4, 0.5) is 11.4 Å². The molecule has 0 bridgehead atoms. The summed E-state index contributed by atoms with van der Waals surface area (Å²) in [6, 6.07) is 13.1. The van der Waals surface area contributed by atoms with E-state index in [1.165, 1.54) is 24.3 Å². The van der Waals surface area contributed by atoms with E-state index in [2.05, 4.69) is 20.6 Å². The van der Waals surface area contributed by atoms with Crippen molar-refractivity contribution in [3.63, 3.8) is 0 Å². The number of amides is 1. The number of hydrogen-bond donors (Lipinski definition) is 1. The molecule has 2 aromatic carbocycles. The molecule has 0 radical (unpaired) electrons. The van der Waals surface area contributed by atoms with E-state index in [0.717, 1.165) is 29.5 Å². The van der Waals surface area contributed by atoms with E-state index in [9.17, 15) is 14.9 Å². The standard InChI is InChI=1S/C18H14N4O3S/c23-17(13-3-7-15(8-4-13)22(24)25)20-14-5-1-12(2-6-14)16-11-26-18-19-9-10-21(16)18/h1-8,11H,9-10H2,(H,20,23). The second-order valence-electron chi connectivity index (χ2n) is 5.77. The second-order valence-corrected chi connectivity index (χ2v) is 6.61. The average Bonchev–Trinajstić information content (AvgIpc) is 3.26. The van der Waals surface area contributed by atoms with Crippen LogP contribution in [0.3, 0.4) is 0 Å². The Morgan fingerprint density at radius 2 is 1.88 bits per heavy atom. The summed E-state index contributed by atoms with van der Waals surface area (Å²) in [7, 11) is 0. The van der Waals surface area contributed by atoms with Gasteiger partial charge in [0.25, 0.3) is 11.6 Å². The number of nitrogens with one attached hydrogen (secondary N) is 1. The Morgan fingerprint density at radius 1 is 1.15 bits per heavy atom. The van der Waals surface area contributed by atoms with Crippen molar-refractivity contribution in [3.05, 3.63) is 75.2 Å². The van der Waals surface area contributed by atoms with Crippen molar-refractivity contribution in [2.45, 2.75) is 0 Å². The van der Waals surface area contributed by atoms with Gasteiger partial charge in [0.15, 0.2) is 5.17 Å². The summed E-state index contributed by atoms with van der Waals surface area (Å²) in [6.07, 6.45) is 0.